The third-order valence-electron chi connectivity index (χ3n) is 2.91. The van der Waals surface area contributed by atoms with Gasteiger partial charge in [-0.2, -0.15) is 5.10 Å². The number of ether oxygens (including phenoxy) is 1. The van der Waals surface area contributed by atoms with Crippen molar-refractivity contribution in [3.8, 4) is 0 Å². The van der Waals surface area contributed by atoms with Crippen molar-refractivity contribution in [3.63, 3.8) is 0 Å². The lowest BCUT2D eigenvalue weighted by atomic mass is 10.2. The van der Waals surface area contributed by atoms with Crippen LogP contribution in [0.15, 0.2) is 36.4 Å². The molecule has 1 heterocycles. The number of benzene rings is 1. The zero-order valence-corrected chi connectivity index (χ0v) is 11.4. The Hall–Kier alpha value is -1.65. The first-order valence-electron chi connectivity index (χ1n) is 6.46. The summed E-state index contributed by atoms with van der Waals surface area (Å²) in [5.41, 5.74) is 3.13. The van der Waals surface area contributed by atoms with Crippen LogP contribution in [0, 0.1) is 13.8 Å². The topological polar surface area (TPSA) is 47.3 Å². The van der Waals surface area contributed by atoms with E-state index in [9.17, 15) is 5.11 Å². The van der Waals surface area contributed by atoms with E-state index in [1.807, 2.05) is 54.9 Å². The Kier molecular flexibility index (Phi) is 4.71. The fourth-order valence-corrected chi connectivity index (χ4v) is 2.00. The van der Waals surface area contributed by atoms with Crippen LogP contribution in [0.25, 0.3) is 0 Å². The highest BCUT2D eigenvalue weighted by Crippen LogP contribution is 2.05. The molecule has 1 aromatic carbocycles. The Morgan fingerprint density at radius 3 is 2.63 bits per heavy atom. The Morgan fingerprint density at radius 2 is 2.00 bits per heavy atom. The molecule has 1 atom stereocenters. The average Bonchev–Trinajstić information content (AvgIpc) is 2.69. The van der Waals surface area contributed by atoms with Crippen LogP contribution in [-0.2, 0) is 17.9 Å². The minimum Gasteiger partial charge on any atom is -0.389 e. The largest absolute Gasteiger partial charge is 0.389 e. The first-order valence-corrected chi connectivity index (χ1v) is 6.46. The van der Waals surface area contributed by atoms with Crippen molar-refractivity contribution in [3.05, 3.63) is 53.3 Å². The van der Waals surface area contributed by atoms with E-state index >= 15 is 0 Å². The van der Waals surface area contributed by atoms with Crippen molar-refractivity contribution in [2.24, 2.45) is 0 Å². The zero-order valence-electron chi connectivity index (χ0n) is 11.4. The molecule has 0 unspecified atom stereocenters. The van der Waals surface area contributed by atoms with E-state index in [0.717, 1.165) is 17.0 Å². The molecular weight excluding hydrogens is 240 g/mol. The third-order valence-corrected chi connectivity index (χ3v) is 2.91. The second-order valence-electron chi connectivity index (χ2n) is 4.76. The second kappa shape index (κ2) is 6.50. The van der Waals surface area contributed by atoms with Gasteiger partial charge in [0.1, 0.15) is 0 Å². The van der Waals surface area contributed by atoms with Gasteiger partial charge < -0.3 is 9.84 Å². The molecule has 4 heteroatoms. The van der Waals surface area contributed by atoms with Gasteiger partial charge in [-0.3, -0.25) is 4.68 Å². The van der Waals surface area contributed by atoms with E-state index < -0.39 is 6.10 Å². The third kappa shape index (κ3) is 4.19. The molecule has 0 fully saturated rings. The van der Waals surface area contributed by atoms with Gasteiger partial charge in [-0.05, 0) is 25.5 Å². The normalized spacial score (nSPS) is 12.6. The zero-order chi connectivity index (χ0) is 13.7. The average molecular weight is 260 g/mol. The van der Waals surface area contributed by atoms with Gasteiger partial charge in [-0.15, -0.1) is 0 Å². The minimum atomic E-state index is -0.540. The van der Waals surface area contributed by atoms with Gasteiger partial charge in [-0.25, -0.2) is 0 Å². The van der Waals surface area contributed by atoms with Gasteiger partial charge in [0.25, 0.3) is 0 Å². The summed E-state index contributed by atoms with van der Waals surface area (Å²) in [4.78, 5) is 0. The molecule has 1 aromatic heterocycles. The standard InChI is InChI=1S/C15H20N2O2/c1-12-8-13(2)17(16-12)9-15(18)11-19-10-14-6-4-3-5-7-14/h3-8,15,18H,9-11H2,1-2H3/t15-/m1/s1. The smallest absolute Gasteiger partial charge is 0.0969 e. The van der Waals surface area contributed by atoms with E-state index in [1.165, 1.54) is 0 Å². The number of aliphatic hydroxyl groups is 1. The maximum Gasteiger partial charge on any atom is 0.0969 e. The first kappa shape index (κ1) is 13.8. The van der Waals surface area contributed by atoms with Crippen LogP contribution in [-0.4, -0.2) is 27.6 Å². The Bertz CT molecular complexity index is 508. The summed E-state index contributed by atoms with van der Waals surface area (Å²) in [6, 6.07) is 11.9. The molecule has 0 radical (unpaired) electrons. The molecule has 2 aromatic rings. The van der Waals surface area contributed by atoms with Crippen molar-refractivity contribution in [2.75, 3.05) is 6.61 Å². The molecule has 0 aliphatic rings. The lowest BCUT2D eigenvalue weighted by Crippen LogP contribution is -2.23. The summed E-state index contributed by atoms with van der Waals surface area (Å²) in [7, 11) is 0. The number of hydrogen-bond donors (Lipinski definition) is 1. The Labute approximate surface area is 113 Å². The number of aryl methyl sites for hydroxylation is 2. The molecule has 0 aliphatic carbocycles. The minimum absolute atomic E-state index is 0.313. The van der Waals surface area contributed by atoms with Crippen LogP contribution in [0.1, 0.15) is 17.0 Å². The first-order chi connectivity index (χ1) is 9.15. The van der Waals surface area contributed by atoms with Crippen LogP contribution in [0.3, 0.4) is 0 Å². The molecule has 4 nitrogen and oxygen atoms in total. The van der Waals surface area contributed by atoms with E-state index in [0.29, 0.717) is 19.8 Å². The summed E-state index contributed by atoms with van der Waals surface area (Å²) in [6.07, 6.45) is -0.540. The Morgan fingerprint density at radius 1 is 1.26 bits per heavy atom. The molecule has 102 valence electrons. The molecule has 0 spiro atoms. The van der Waals surface area contributed by atoms with Crippen LogP contribution in [0.4, 0.5) is 0 Å². The van der Waals surface area contributed by atoms with Gasteiger partial charge in [0.2, 0.25) is 0 Å². The summed E-state index contributed by atoms with van der Waals surface area (Å²) in [5, 5.41) is 14.2. The highest BCUT2D eigenvalue weighted by molar-refractivity contribution is 5.13. The van der Waals surface area contributed by atoms with E-state index in [4.69, 9.17) is 4.74 Å². The highest BCUT2D eigenvalue weighted by Gasteiger charge is 2.08. The second-order valence-corrected chi connectivity index (χ2v) is 4.76. The van der Waals surface area contributed by atoms with Crippen molar-refractivity contribution in [2.45, 2.75) is 33.1 Å². The molecule has 0 saturated carbocycles. The maximum atomic E-state index is 9.93. The highest BCUT2D eigenvalue weighted by atomic mass is 16.5. The number of aliphatic hydroxyl groups excluding tert-OH is 1. The van der Waals surface area contributed by atoms with Gasteiger partial charge in [0.15, 0.2) is 0 Å². The van der Waals surface area contributed by atoms with Crippen LogP contribution >= 0.6 is 0 Å². The fraction of sp³-hybridized carbons (Fsp3) is 0.400. The molecule has 19 heavy (non-hydrogen) atoms. The summed E-state index contributed by atoms with van der Waals surface area (Å²) in [6.45, 7) is 5.23. The Balaban J connectivity index is 1.76. The van der Waals surface area contributed by atoms with Crippen LogP contribution in [0.5, 0.6) is 0 Å². The van der Waals surface area contributed by atoms with Gasteiger partial charge >= 0.3 is 0 Å². The molecule has 0 saturated heterocycles. The van der Waals surface area contributed by atoms with Gasteiger partial charge in [-0.1, -0.05) is 30.3 Å². The van der Waals surface area contributed by atoms with Crippen molar-refractivity contribution >= 4 is 0 Å². The summed E-state index contributed by atoms with van der Waals surface area (Å²) >= 11 is 0. The summed E-state index contributed by atoms with van der Waals surface area (Å²) in [5.74, 6) is 0. The van der Waals surface area contributed by atoms with E-state index in [2.05, 4.69) is 5.10 Å². The fourth-order valence-electron chi connectivity index (χ4n) is 2.00. The van der Waals surface area contributed by atoms with E-state index in [1.54, 1.807) is 0 Å². The monoisotopic (exact) mass is 260 g/mol. The molecule has 0 bridgehead atoms. The lowest BCUT2D eigenvalue weighted by molar-refractivity contribution is 0.0184. The summed E-state index contributed by atoms with van der Waals surface area (Å²) < 4.78 is 7.32. The SMILES string of the molecule is Cc1cc(C)n(C[C@@H](O)COCc2ccccc2)n1. The number of nitrogens with zero attached hydrogens (tertiary/aromatic N) is 2. The lowest BCUT2D eigenvalue weighted by Gasteiger charge is -2.12. The number of hydrogen-bond acceptors (Lipinski definition) is 3. The molecule has 1 N–H and O–H groups in total. The van der Waals surface area contributed by atoms with Crippen LogP contribution in [0.2, 0.25) is 0 Å². The van der Waals surface area contributed by atoms with Crippen molar-refractivity contribution in [1.82, 2.24) is 9.78 Å². The quantitative estimate of drug-likeness (QED) is 0.865. The number of aromatic nitrogens is 2. The van der Waals surface area contributed by atoms with Crippen molar-refractivity contribution in [1.29, 1.82) is 0 Å². The number of rotatable bonds is 6. The predicted molar refractivity (Wildman–Crippen MR) is 73.8 cm³/mol. The predicted octanol–water partition coefficient (Wildman–Crippen LogP) is 2.08. The molecule has 0 aliphatic heterocycles. The van der Waals surface area contributed by atoms with Gasteiger partial charge in [0.05, 0.1) is 31.6 Å². The van der Waals surface area contributed by atoms with Gasteiger partial charge in [0, 0.05) is 5.69 Å². The maximum absolute atomic E-state index is 9.93. The van der Waals surface area contributed by atoms with E-state index in [-0.39, 0.29) is 0 Å². The molecule has 0 amide bonds. The van der Waals surface area contributed by atoms with Crippen molar-refractivity contribution < 1.29 is 9.84 Å². The molecular formula is C15H20N2O2. The van der Waals surface area contributed by atoms with Crippen LogP contribution < -0.4 is 0 Å². The molecule has 2 rings (SSSR count).